The lowest BCUT2D eigenvalue weighted by Crippen LogP contribution is -1.81. The highest BCUT2D eigenvalue weighted by molar-refractivity contribution is 4.70. The Morgan fingerprint density at radius 1 is 1.60 bits per heavy atom. The molecule has 0 heterocycles. The predicted molar refractivity (Wildman–Crippen MR) is 16.7 cm³/mol. The highest BCUT2D eigenvalue weighted by atomic mass is 17.1. The zero-order valence-electron chi connectivity index (χ0n) is 2.85. The lowest BCUT2D eigenvalue weighted by atomic mass is 10.9. The topological polar surface area (TPSA) is 29.5 Å². The van der Waals surface area contributed by atoms with E-state index in [1.165, 1.54) is 0 Å². The fourth-order valence-corrected chi connectivity index (χ4v) is 0.173. The van der Waals surface area contributed by atoms with Gasteiger partial charge in [-0.3, -0.25) is 5.26 Å². The maximum Gasteiger partial charge on any atom is 0.0929 e. The predicted octanol–water partition coefficient (Wildman–Crippen LogP) is 0.638. The van der Waals surface area contributed by atoms with Gasteiger partial charge in [0.2, 0.25) is 0 Å². The molecule has 2 nitrogen and oxygen atoms in total. The molecule has 1 fully saturated rings. The van der Waals surface area contributed by atoms with Gasteiger partial charge >= 0.3 is 0 Å². The molecule has 0 aromatic rings. The fourth-order valence-electron chi connectivity index (χ4n) is 0.173. The molecule has 0 spiro atoms. The zero-order valence-corrected chi connectivity index (χ0v) is 2.85. The highest BCUT2D eigenvalue weighted by Crippen LogP contribution is 2.21. The summed E-state index contributed by atoms with van der Waals surface area (Å²) in [6, 6.07) is 0. The maximum atomic E-state index is 7.71. The van der Waals surface area contributed by atoms with Crippen LogP contribution in [0.1, 0.15) is 12.8 Å². The first-order valence-corrected chi connectivity index (χ1v) is 1.73. The van der Waals surface area contributed by atoms with Crippen LogP contribution in [0.2, 0.25) is 0 Å². The van der Waals surface area contributed by atoms with Crippen molar-refractivity contribution in [2.75, 3.05) is 0 Å². The Morgan fingerprint density at radius 2 is 2.20 bits per heavy atom. The van der Waals surface area contributed by atoms with Crippen LogP contribution in [0.25, 0.3) is 0 Å². The molecule has 1 aliphatic carbocycles. The monoisotopic (exact) mass is 74.0 g/mol. The van der Waals surface area contributed by atoms with Crippen LogP contribution in [0.4, 0.5) is 0 Å². The van der Waals surface area contributed by atoms with Crippen molar-refractivity contribution in [3.8, 4) is 0 Å². The van der Waals surface area contributed by atoms with Crippen LogP contribution in [0.15, 0.2) is 0 Å². The molecular weight excluding hydrogens is 68.0 g/mol. The standard InChI is InChI=1S/C3H6O2/c4-5-3-1-2-3/h3-4H,1-2H2. The molecule has 30 valence electrons. The van der Waals surface area contributed by atoms with E-state index >= 15 is 0 Å². The SMILES string of the molecule is OOC1CC1. The van der Waals surface area contributed by atoms with E-state index in [0.29, 0.717) is 0 Å². The van der Waals surface area contributed by atoms with Gasteiger partial charge in [0.1, 0.15) is 0 Å². The Hall–Kier alpha value is -0.0800. The summed E-state index contributed by atoms with van der Waals surface area (Å²) in [7, 11) is 0. The van der Waals surface area contributed by atoms with Gasteiger partial charge in [0.05, 0.1) is 6.10 Å². The third-order valence-corrected chi connectivity index (χ3v) is 0.673. The van der Waals surface area contributed by atoms with Crippen molar-refractivity contribution in [2.45, 2.75) is 18.9 Å². The van der Waals surface area contributed by atoms with Crippen molar-refractivity contribution in [3.05, 3.63) is 0 Å². The molecule has 5 heavy (non-hydrogen) atoms. The van der Waals surface area contributed by atoms with Crippen molar-refractivity contribution in [2.24, 2.45) is 0 Å². The van der Waals surface area contributed by atoms with Gasteiger partial charge in [-0.1, -0.05) is 0 Å². The third kappa shape index (κ3) is 0.597. The third-order valence-electron chi connectivity index (χ3n) is 0.673. The van der Waals surface area contributed by atoms with Crippen LogP contribution in [-0.4, -0.2) is 11.4 Å². The van der Waals surface area contributed by atoms with E-state index in [1.807, 2.05) is 0 Å². The van der Waals surface area contributed by atoms with Gasteiger partial charge in [-0.05, 0) is 12.8 Å². The van der Waals surface area contributed by atoms with Gasteiger partial charge in [-0.2, -0.15) is 0 Å². The summed E-state index contributed by atoms with van der Waals surface area (Å²) in [6.45, 7) is 0. The quantitative estimate of drug-likeness (QED) is 0.365. The molecule has 0 saturated heterocycles. The Labute approximate surface area is 30.3 Å². The Morgan fingerprint density at radius 3 is 2.20 bits per heavy atom. The second-order valence-corrected chi connectivity index (χ2v) is 1.30. The molecule has 2 heteroatoms. The summed E-state index contributed by atoms with van der Waals surface area (Å²) in [5.74, 6) is 0. The van der Waals surface area contributed by atoms with Crippen molar-refractivity contribution >= 4 is 0 Å². The zero-order chi connectivity index (χ0) is 3.70. The van der Waals surface area contributed by atoms with E-state index in [2.05, 4.69) is 4.89 Å². The van der Waals surface area contributed by atoms with E-state index < -0.39 is 0 Å². The summed E-state index contributed by atoms with van der Waals surface area (Å²) in [4.78, 5) is 3.86. The van der Waals surface area contributed by atoms with Crippen molar-refractivity contribution in [1.29, 1.82) is 0 Å². The fraction of sp³-hybridized carbons (Fsp3) is 1.00. The minimum absolute atomic E-state index is 0.190. The molecule has 1 aliphatic rings. The van der Waals surface area contributed by atoms with E-state index in [4.69, 9.17) is 5.26 Å². The van der Waals surface area contributed by atoms with Crippen molar-refractivity contribution in [3.63, 3.8) is 0 Å². The van der Waals surface area contributed by atoms with Crippen LogP contribution in [0.3, 0.4) is 0 Å². The minimum Gasteiger partial charge on any atom is -0.252 e. The van der Waals surface area contributed by atoms with Crippen molar-refractivity contribution < 1.29 is 10.1 Å². The van der Waals surface area contributed by atoms with E-state index in [9.17, 15) is 0 Å². The highest BCUT2D eigenvalue weighted by Gasteiger charge is 2.21. The summed E-state index contributed by atoms with van der Waals surface area (Å²) in [5.41, 5.74) is 0. The Bertz CT molecular complexity index is 31.9. The van der Waals surface area contributed by atoms with Gasteiger partial charge in [-0.15, -0.1) is 0 Å². The lowest BCUT2D eigenvalue weighted by Gasteiger charge is -1.77. The smallest absolute Gasteiger partial charge is 0.0929 e. The Kier molecular flexibility index (Phi) is 0.596. The summed E-state index contributed by atoms with van der Waals surface area (Å²) < 4.78 is 0. The van der Waals surface area contributed by atoms with Gasteiger partial charge in [0.15, 0.2) is 0 Å². The first kappa shape index (κ1) is 3.12. The molecule has 0 aromatic heterocycles. The largest absolute Gasteiger partial charge is 0.252 e. The molecule has 1 saturated carbocycles. The van der Waals surface area contributed by atoms with Crippen LogP contribution in [0, 0.1) is 0 Å². The van der Waals surface area contributed by atoms with Crippen LogP contribution >= 0.6 is 0 Å². The first-order valence-electron chi connectivity index (χ1n) is 1.73. The van der Waals surface area contributed by atoms with E-state index in [1.54, 1.807) is 0 Å². The molecule has 0 unspecified atom stereocenters. The number of hydrogen-bond donors (Lipinski definition) is 1. The molecule has 0 amide bonds. The lowest BCUT2D eigenvalue weighted by molar-refractivity contribution is -0.252. The molecule has 0 aliphatic heterocycles. The average Bonchev–Trinajstić information content (AvgIpc) is 2.12. The molecular formula is C3H6O2. The van der Waals surface area contributed by atoms with Gasteiger partial charge in [0, 0.05) is 0 Å². The number of hydrogen-bond acceptors (Lipinski definition) is 2. The summed E-state index contributed by atoms with van der Waals surface area (Å²) in [6.07, 6.45) is 2.27. The Balaban J connectivity index is 2.00. The molecule has 0 radical (unpaired) electrons. The average molecular weight is 74.1 g/mol. The maximum absolute atomic E-state index is 7.71. The summed E-state index contributed by atoms with van der Waals surface area (Å²) in [5, 5.41) is 7.71. The van der Waals surface area contributed by atoms with Gasteiger partial charge in [0.25, 0.3) is 0 Å². The van der Waals surface area contributed by atoms with Crippen LogP contribution in [0.5, 0.6) is 0 Å². The first-order chi connectivity index (χ1) is 2.43. The van der Waals surface area contributed by atoms with Crippen LogP contribution < -0.4 is 0 Å². The minimum atomic E-state index is 0.190. The molecule has 0 bridgehead atoms. The van der Waals surface area contributed by atoms with Crippen LogP contribution in [-0.2, 0) is 4.89 Å². The summed E-state index contributed by atoms with van der Waals surface area (Å²) >= 11 is 0. The normalized spacial score (nSPS) is 23.4. The van der Waals surface area contributed by atoms with E-state index in [-0.39, 0.29) is 6.10 Å². The van der Waals surface area contributed by atoms with Gasteiger partial charge in [-0.25, -0.2) is 4.89 Å². The molecule has 1 rings (SSSR count). The second-order valence-electron chi connectivity index (χ2n) is 1.30. The van der Waals surface area contributed by atoms with E-state index in [0.717, 1.165) is 12.8 Å². The second kappa shape index (κ2) is 0.954. The molecule has 0 atom stereocenters. The number of rotatable bonds is 1. The molecule has 1 N–H and O–H groups in total. The van der Waals surface area contributed by atoms with Crippen molar-refractivity contribution in [1.82, 2.24) is 0 Å². The van der Waals surface area contributed by atoms with Gasteiger partial charge < -0.3 is 0 Å². The molecule has 0 aromatic carbocycles.